The minimum absolute atomic E-state index is 0.0623. The van der Waals surface area contributed by atoms with Crippen LogP contribution in [0.2, 0.25) is 0 Å². The lowest BCUT2D eigenvalue weighted by molar-refractivity contribution is -0.140. The third-order valence-electron chi connectivity index (χ3n) is 9.22. The molecule has 0 saturated carbocycles. The summed E-state index contributed by atoms with van der Waals surface area (Å²) in [5.74, 6) is 1.80. The smallest absolute Gasteiger partial charge is 0.306 e. The minimum Gasteiger partial charge on any atom is -0.502 e. The van der Waals surface area contributed by atoms with Crippen molar-refractivity contribution in [2.75, 3.05) is 62.4 Å². The molecule has 1 aromatic heterocycles. The number of methoxy groups -OCH3 is 6. The zero-order chi connectivity index (χ0) is 36.2. The molecule has 51 heavy (non-hydrogen) atoms. The van der Waals surface area contributed by atoms with E-state index < -0.39 is 29.1 Å². The Balaban J connectivity index is 1.46. The maximum Gasteiger partial charge on any atom is 0.306 e. The summed E-state index contributed by atoms with van der Waals surface area (Å²) in [6.07, 6.45) is 0.441. The number of hydrogen-bond donors (Lipinski definition) is 1. The minimum atomic E-state index is -0.870. The molecule has 0 bridgehead atoms. The number of benzene rings is 3. The molecule has 2 aliphatic rings. The highest BCUT2D eigenvalue weighted by Crippen LogP contribution is 2.47. The van der Waals surface area contributed by atoms with Crippen LogP contribution in [0.4, 0.5) is 0 Å². The first-order valence-electron chi connectivity index (χ1n) is 16.3. The van der Waals surface area contributed by atoms with Crippen LogP contribution in [0, 0.1) is 0 Å². The second kappa shape index (κ2) is 15.1. The summed E-state index contributed by atoms with van der Waals surface area (Å²) >= 11 is 0. The van der Waals surface area contributed by atoms with Crippen LogP contribution < -0.4 is 38.6 Å². The fourth-order valence-corrected chi connectivity index (χ4v) is 6.78. The lowest BCUT2D eigenvalue weighted by Gasteiger charge is -2.38. The van der Waals surface area contributed by atoms with E-state index in [1.807, 2.05) is 24.3 Å². The highest BCUT2D eigenvalue weighted by atomic mass is 16.6. The van der Waals surface area contributed by atoms with E-state index in [-0.39, 0.29) is 24.5 Å². The molecule has 13 heteroatoms. The van der Waals surface area contributed by atoms with Gasteiger partial charge in [-0.05, 0) is 65.1 Å². The van der Waals surface area contributed by atoms with E-state index >= 15 is 0 Å². The van der Waals surface area contributed by atoms with Crippen molar-refractivity contribution in [1.82, 2.24) is 4.90 Å². The van der Waals surface area contributed by atoms with E-state index in [2.05, 4.69) is 4.90 Å². The average molecular weight is 704 g/mol. The van der Waals surface area contributed by atoms with Gasteiger partial charge < -0.3 is 47.4 Å². The number of esters is 1. The number of ether oxygens (including phenoxy) is 8. The van der Waals surface area contributed by atoms with E-state index in [0.717, 1.165) is 16.7 Å². The standard InChI is InChI=1S/C38H41NO12/c1-43-29-13-22-9-10-39(35(25(22)18-30(29)44-2)23-15-32(45-3)38(48-6)33(16-23)46-4)20-24-17-27(40)36(42)37(51-24)26(19-34(41)47-5)21-7-8-28-31(14-21)50-12-11-49-28/h7-8,13-18,26,35,42H,9-12,19-20H2,1-6H3/t26-,35+/m0/s1. The molecular weight excluding hydrogens is 662 g/mol. The van der Waals surface area contributed by atoms with Gasteiger partial charge >= 0.3 is 5.97 Å². The Morgan fingerprint density at radius 3 is 2.16 bits per heavy atom. The molecule has 1 N–H and O–H groups in total. The van der Waals surface area contributed by atoms with Gasteiger partial charge in [-0.3, -0.25) is 14.5 Å². The van der Waals surface area contributed by atoms with Gasteiger partial charge in [-0.1, -0.05) is 6.07 Å². The predicted molar refractivity (Wildman–Crippen MR) is 184 cm³/mol. The number of carbonyl (C=O) groups is 1. The van der Waals surface area contributed by atoms with Crippen LogP contribution in [0.3, 0.4) is 0 Å². The van der Waals surface area contributed by atoms with Gasteiger partial charge in [0.2, 0.25) is 16.9 Å². The van der Waals surface area contributed by atoms with E-state index in [1.165, 1.54) is 13.2 Å². The highest BCUT2D eigenvalue weighted by molar-refractivity contribution is 5.71. The summed E-state index contributed by atoms with van der Waals surface area (Å²) in [6.45, 7) is 1.48. The number of nitrogens with zero attached hydrogens (tertiary/aromatic N) is 1. The van der Waals surface area contributed by atoms with Gasteiger partial charge in [0.05, 0.1) is 67.6 Å². The van der Waals surface area contributed by atoms with Crippen LogP contribution in [0.15, 0.2) is 57.7 Å². The monoisotopic (exact) mass is 703 g/mol. The van der Waals surface area contributed by atoms with Gasteiger partial charge in [0.15, 0.2) is 40.3 Å². The van der Waals surface area contributed by atoms with Crippen molar-refractivity contribution in [3.63, 3.8) is 0 Å². The van der Waals surface area contributed by atoms with Crippen molar-refractivity contribution < 1.29 is 52.2 Å². The Morgan fingerprint density at radius 1 is 0.843 bits per heavy atom. The molecule has 270 valence electrons. The van der Waals surface area contributed by atoms with Crippen LogP contribution in [0.25, 0.3) is 0 Å². The van der Waals surface area contributed by atoms with E-state index in [9.17, 15) is 14.7 Å². The van der Waals surface area contributed by atoms with Gasteiger partial charge in [0, 0.05) is 12.6 Å². The van der Waals surface area contributed by atoms with Crippen LogP contribution in [-0.4, -0.2) is 78.4 Å². The highest BCUT2D eigenvalue weighted by Gasteiger charge is 2.34. The lowest BCUT2D eigenvalue weighted by atomic mass is 9.87. The van der Waals surface area contributed by atoms with Gasteiger partial charge in [0.1, 0.15) is 19.0 Å². The SMILES string of the molecule is COC(=O)C[C@@H](c1ccc2c(c1)OCCO2)c1oc(CN2CCc3cc(OC)c(OC)cc3[C@H]2c2cc(OC)c(OC)c(OC)c2)cc(=O)c1O. The normalized spacial score (nSPS) is 15.7. The number of aromatic hydroxyl groups is 1. The Bertz CT molecular complexity index is 1950. The lowest BCUT2D eigenvalue weighted by Crippen LogP contribution is -2.36. The van der Waals surface area contributed by atoms with Gasteiger partial charge in [0.25, 0.3) is 0 Å². The Kier molecular flexibility index (Phi) is 10.5. The van der Waals surface area contributed by atoms with E-state index in [0.29, 0.717) is 72.0 Å². The van der Waals surface area contributed by atoms with Gasteiger partial charge in [-0.25, -0.2) is 0 Å². The molecule has 0 spiro atoms. The molecule has 0 radical (unpaired) electrons. The van der Waals surface area contributed by atoms with E-state index in [4.69, 9.17) is 42.3 Å². The largest absolute Gasteiger partial charge is 0.502 e. The molecular formula is C38H41NO12. The second-order valence-electron chi connectivity index (χ2n) is 12.0. The molecule has 0 aliphatic carbocycles. The summed E-state index contributed by atoms with van der Waals surface area (Å²) in [4.78, 5) is 28.2. The molecule has 13 nitrogen and oxygen atoms in total. The van der Waals surface area contributed by atoms with Crippen molar-refractivity contribution in [3.05, 3.63) is 92.5 Å². The number of rotatable bonds is 12. The molecule has 4 aromatic rings. The zero-order valence-corrected chi connectivity index (χ0v) is 29.4. The molecule has 3 heterocycles. The van der Waals surface area contributed by atoms with Crippen molar-refractivity contribution in [2.24, 2.45) is 0 Å². The fraction of sp³-hybridized carbons (Fsp3) is 0.368. The molecule has 0 saturated heterocycles. The molecule has 0 unspecified atom stereocenters. The third kappa shape index (κ3) is 6.93. The second-order valence-corrected chi connectivity index (χ2v) is 12.0. The molecule has 3 aromatic carbocycles. The number of hydrogen-bond acceptors (Lipinski definition) is 13. The fourth-order valence-electron chi connectivity index (χ4n) is 6.78. The summed E-state index contributed by atoms with van der Waals surface area (Å²) < 4.78 is 51.2. The summed E-state index contributed by atoms with van der Waals surface area (Å²) in [5.41, 5.74) is 2.73. The molecule has 6 rings (SSSR count). The third-order valence-corrected chi connectivity index (χ3v) is 9.22. The Hall–Kier alpha value is -5.56. The van der Waals surface area contributed by atoms with Gasteiger partial charge in [-0.2, -0.15) is 0 Å². The maximum atomic E-state index is 13.4. The molecule has 0 fully saturated rings. The summed E-state index contributed by atoms with van der Waals surface area (Å²) in [6, 6.07) is 13.7. The first-order chi connectivity index (χ1) is 24.7. The summed E-state index contributed by atoms with van der Waals surface area (Å²) in [5, 5.41) is 11.1. The van der Waals surface area contributed by atoms with Crippen molar-refractivity contribution in [1.29, 1.82) is 0 Å². The number of carbonyl (C=O) groups excluding carboxylic acids is 1. The Labute approximate surface area is 295 Å². The van der Waals surface area contributed by atoms with Crippen molar-refractivity contribution >= 4 is 5.97 Å². The molecule has 2 atom stereocenters. The maximum absolute atomic E-state index is 13.4. The van der Waals surface area contributed by atoms with Crippen LogP contribution in [0.1, 0.15) is 52.2 Å². The quantitative estimate of drug-likeness (QED) is 0.198. The van der Waals surface area contributed by atoms with Gasteiger partial charge in [-0.15, -0.1) is 0 Å². The van der Waals surface area contributed by atoms with Crippen LogP contribution in [0.5, 0.6) is 46.0 Å². The van der Waals surface area contributed by atoms with Crippen molar-refractivity contribution in [3.8, 4) is 46.0 Å². The molecule has 2 aliphatic heterocycles. The average Bonchev–Trinajstić information content (AvgIpc) is 3.16. The van der Waals surface area contributed by atoms with Crippen LogP contribution >= 0.6 is 0 Å². The number of fused-ring (bicyclic) bond motifs is 2. The first-order valence-corrected chi connectivity index (χ1v) is 16.3. The predicted octanol–water partition coefficient (Wildman–Crippen LogP) is 5.00. The van der Waals surface area contributed by atoms with Crippen molar-refractivity contribution in [2.45, 2.75) is 31.3 Å². The van der Waals surface area contributed by atoms with Crippen LogP contribution in [-0.2, 0) is 22.5 Å². The van der Waals surface area contributed by atoms with E-state index in [1.54, 1.807) is 53.7 Å². The molecule has 0 amide bonds. The zero-order valence-electron chi connectivity index (χ0n) is 29.4. The summed E-state index contributed by atoms with van der Waals surface area (Å²) in [7, 11) is 9.11. The topological polar surface area (TPSA) is 145 Å². The first kappa shape index (κ1) is 35.3. The Morgan fingerprint density at radius 2 is 1.51 bits per heavy atom.